The number of aryl methyl sites for hydroxylation is 1. The molecule has 5 aromatic rings. The first-order valence-corrected chi connectivity index (χ1v) is 12.2. The summed E-state index contributed by atoms with van der Waals surface area (Å²) in [6.45, 7) is 0. The van der Waals surface area contributed by atoms with Crippen LogP contribution in [0.3, 0.4) is 0 Å². The van der Waals surface area contributed by atoms with E-state index in [1.807, 2.05) is 50.4 Å². The normalized spacial score (nSPS) is 11.6. The molecular weight excluding hydrogens is 448 g/mol. The van der Waals surface area contributed by atoms with Crippen molar-refractivity contribution in [1.29, 1.82) is 0 Å². The Labute approximate surface area is 197 Å². The van der Waals surface area contributed by atoms with Crippen LogP contribution in [0.1, 0.15) is 0 Å². The zero-order valence-corrected chi connectivity index (χ0v) is 19.8. The number of hydrogen-bond donors (Lipinski definition) is 2. The van der Waals surface area contributed by atoms with Crippen molar-refractivity contribution in [2.45, 2.75) is 4.90 Å². The Morgan fingerprint density at radius 3 is 2.50 bits per heavy atom. The topological polar surface area (TPSA) is 95.9 Å². The number of pyridine rings is 1. The van der Waals surface area contributed by atoms with Crippen molar-refractivity contribution in [1.82, 2.24) is 19.7 Å². The van der Waals surface area contributed by atoms with Gasteiger partial charge >= 0.3 is 0 Å². The molecule has 5 rings (SSSR count). The second kappa shape index (κ2) is 8.35. The summed E-state index contributed by atoms with van der Waals surface area (Å²) in [5.74, 6) is 0. The third kappa shape index (κ3) is 3.90. The SMILES string of the molecule is CN(C)c1cccc(-c2c(-c3cnn(C)c3)[nH]c3nccc(NS(=O)(=O)c4ccccc4)c23)c1. The summed E-state index contributed by atoms with van der Waals surface area (Å²) >= 11 is 0. The summed E-state index contributed by atoms with van der Waals surface area (Å²) in [4.78, 5) is 10.1. The number of aromatic amines is 1. The highest BCUT2D eigenvalue weighted by Gasteiger charge is 2.23. The van der Waals surface area contributed by atoms with Gasteiger partial charge < -0.3 is 9.88 Å². The summed E-state index contributed by atoms with van der Waals surface area (Å²) in [6.07, 6.45) is 5.28. The minimum atomic E-state index is -3.79. The van der Waals surface area contributed by atoms with Crippen LogP contribution in [0.2, 0.25) is 0 Å². The van der Waals surface area contributed by atoms with Gasteiger partial charge in [-0.3, -0.25) is 9.40 Å². The number of anilines is 2. The van der Waals surface area contributed by atoms with Crippen molar-refractivity contribution < 1.29 is 8.42 Å². The molecule has 0 aliphatic rings. The number of aromatic nitrogens is 4. The highest BCUT2D eigenvalue weighted by Crippen LogP contribution is 2.42. The van der Waals surface area contributed by atoms with Gasteiger partial charge in [-0.05, 0) is 35.9 Å². The van der Waals surface area contributed by atoms with Crippen LogP contribution >= 0.6 is 0 Å². The standard InChI is InChI=1S/C25H24N6O2S/c1-30(2)19-9-7-8-17(14-19)22-23-21(29-34(32,33)20-10-5-4-6-11-20)12-13-26-25(23)28-24(22)18-15-27-31(3)16-18/h4-16H,1-3H3,(H2,26,28,29). The van der Waals surface area contributed by atoms with Crippen LogP contribution in [0, 0.1) is 0 Å². The monoisotopic (exact) mass is 472 g/mol. The van der Waals surface area contributed by atoms with Gasteiger partial charge in [-0.25, -0.2) is 13.4 Å². The smallest absolute Gasteiger partial charge is 0.261 e. The lowest BCUT2D eigenvalue weighted by Crippen LogP contribution is -2.13. The lowest BCUT2D eigenvalue weighted by atomic mass is 9.99. The molecule has 0 saturated heterocycles. The van der Waals surface area contributed by atoms with Crippen molar-refractivity contribution in [3.63, 3.8) is 0 Å². The number of fused-ring (bicyclic) bond motifs is 1. The number of sulfonamides is 1. The van der Waals surface area contributed by atoms with Gasteiger partial charge in [-0.1, -0.05) is 30.3 Å². The first kappa shape index (κ1) is 21.7. The second-order valence-electron chi connectivity index (χ2n) is 8.22. The number of benzene rings is 2. The fourth-order valence-corrected chi connectivity index (χ4v) is 5.09. The maximum absolute atomic E-state index is 13.2. The molecule has 2 N–H and O–H groups in total. The van der Waals surface area contributed by atoms with Gasteiger partial charge in [0.25, 0.3) is 10.0 Å². The molecule has 3 aromatic heterocycles. The van der Waals surface area contributed by atoms with Crippen molar-refractivity contribution in [2.24, 2.45) is 7.05 Å². The van der Waals surface area contributed by atoms with E-state index in [0.29, 0.717) is 16.7 Å². The van der Waals surface area contributed by atoms with Crippen molar-refractivity contribution in [2.75, 3.05) is 23.7 Å². The fraction of sp³-hybridized carbons (Fsp3) is 0.120. The molecule has 172 valence electrons. The van der Waals surface area contributed by atoms with Crippen LogP contribution in [0.25, 0.3) is 33.4 Å². The zero-order chi connectivity index (χ0) is 23.9. The van der Waals surface area contributed by atoms with E-state index in [2.05, 4.69) is 25.9 Å². The molecule has 0 aliphatic carbocycles. The Morgan fingerprint density at radius 1 is 1.00 bits per heavy atom. The largest absolute Gasteiger partial charge is 0.378 e. The predicted octanol–water partition coefficient (Wildman–Crippen LogP) is 4.50. The summed E-state index contributed by atoms with van der Waals surface area (Å²) in [5.41, 5.74) is 5.54. The minimum Gasteiger partial charge on any atom is -0.378 e. The third-order valence-corrected chi connectivity index (χ3v) is 7.02. The van der Waals surface area contributed by atoms with Crippen LogP contribution in [0.4, 0.5) is 11.4 Å². The summed E-state index contributed by atoms with van der Waals surface area (Å²) < 4.78 is 30.8. The Bertz CT molecular complexity index is 1590. The van der Waals surface area contributed by atoms with E-state index < -0.39 is 10.0 Å². The van der Waals surface area contributed by atoms with Gasteiger partial charge in [-0.2, -0.15) is 5.10 Å². The van der Waals surface area contributed by atoms with E-state index >= 15 is 0 Å². The molecule has 34 heavy (non-hydrogen) atoms. The zero-order valence-electron chi connectivity index (χ0n) is 19.0. The number of nitrogens with zero attached hydrogens (tertiary/aromatic N) is 4. The Morgan fingerprint density at radius 2 is 1.79 bits per heavy atom. The molecule has 0 saturated carbocycles. The molecule has 0 spiro atoms. The Hall–Kier alpha value is -4.11. The van der Waals surface area contributed by atoms with E-state index in [-0.39, 0.29) is 4.90 Å². The molecule has 2 aromatic carbocycles. The predicted molar refractivity (Wildman–Crippen MR) is 135 cm³/mol. The number of nitrogens with one attached hydrogen (secondary N) is 2. The lowest BCUT2D eigenvalue weighted by Gasteiger charge is -2.15. The number of rotatable bonds is 6. The van der Waals surface area contributed by atoms with Crippen LogP contribution in [0.5, 0.6) is 0 Å². The Kier molecular flexibility index (Phi) is 5.33. The quantitative estimate of drug-likeness (QED) is 0.379. The van der Waals surface area contributed by atoms with E-state index in [0.717, 1.165) is 28.1 Å². The van der Waals surface area contributed by atoms with Gasteiger partial charge in [0.1, 0.15) is 5.65 Å². The minimum absolute atomic E-state index is 0.194. The summed E-state index contributed by atoms with van der Waals surface area (Å²) in [5, 5.41) is 5.01. The molecule has 3 heterocycles. The molecule has 0 amide bonds. The molecule has 0 bridgehead atoms. The lowest BCUT2D eigenvalue weighted by molar-refractivity contribution is 0.601. The second-order valence-corrected chi connectivity index (χ2v) is 9.91. The molecule has 0 radical (unpaired) electrons. The van der Waals surface area contributed by atoms with Gasteiger partial charge in [-0.15, -0.1) is 0 Å². The van der Waals surface area contributed by atoms with E-state index in [9.17, 15) is 8.42 Å². The molecule has 0 fully saturated rings. The Balaban J connectivity index is 1.76. The van der Waals surface area contributed by atoms with Crippen LogP contribution in [0.15, 0.2) is 84.1 Å². The van der Waals surface area contributed by atoms with Crippen molar-refractivity contribution in [3.8, 4) is 22.4 Å². The molecule has 8 nitrogen and oxygen atoms in total. The highest BCUT2D eigenvalue weighted by molar-refractivity contribution is 7.92. The van der Waals surface area contributed by atoms with Gasteiger partial charge in [0.2, 0.25) is 0 Å². The summed E-state index contributed by atoms with van der Waals surface area (Å²) in [7, 11) is 2.03. The van der Waals surface area contributed by atoms with E-state index in [1.54, 1.807) is 53.5 Å². The number of H-pyrrole nitrogens is 1. The van der Waals surface area contributed by atoms with Gasteiger partial charge in [0.15, 0.2) is 0 Å². The van der Waals surface area contributed by atoms with Crippen LogP contribution in [-0.2, 0) is 17.1 Å². The van der Waals surface area contributed by atoms with Crippen molar-refractivity contribution >= 4 is 32.4 Å². The van der Waals surface area contributed by atoms with Crippen LogP contribution in [-0.4, -0.2) is 42.3 Å². The molecule has 0 unspecified atom stereocenters. The van der Waals surface area contributed by atoms with Gasteiger partial charge in [0.05, 0.1) is 27.9 Å². The highest BCUT2D eigenvalue weighted by atomic mass is 32.2. The maximum atomic E-state index is 13.2. The average molecular weight is 473 g/mol. The first-order chi connectivity index (χ1) is 16.3. The van der Waals surface area contributed by atoms with E-state index in [4.69, 9.17) is 0 Å². The maximum Gasteiger partial charge on any atom is 0.261 e. The first-order valence-electron chi connectivity index (χ1n) is 10.7. The molecular formula is C25H24N6O2S. The number of hydrogen-bond acceptors (Lipinski definition) is 5. The van der Waals surface area contributed by atoms with Gasteiger partial charge in [0, 0.05) is 50.4 Å². The fourth-order valence-electron chi connectivity index (χ4n) is 4.00. The average Bonchev–Trinajstić information content (AvgIpc) is 3.43. The van der Waals surface area contributed by atoms with Crippen LogP contribution < -0.4 is 9.62 Å². The third-order valence-electron chi connectivity index (χ3n) is 5.64. The molecule has 0 aliphatic heterocycles. The molecule has 9 heteroatoms. The van der Waals surface area contributed by atoms with E-state index in [1.165, 1.54) is 0 Å². The molecule has 0 atom stereocenters. The van der Waals surface area contributed by atoms with Crippen molar-refractivity contribution in [3.05, 3.63) is 79.3 Å². The summed E-state index contributed by atoms with van der Waals surface area (Å²) in [6, 6.07) is 18.1.